The van der Waals surface area contributed by atoms with Gasteiger partial charge < -0.3 is 10.1 Å². The highest BCUT2D eigenvalue weighted by molar-refractivity contribution is 5.04. The summed E-state index contributed by atoms with van der Waals surface area (Å²) < 4.78 is 5.55. The fourth-order valence-corrected chi connectivity index (χ4v) is 1.67. The van der Waals surface area contributed by atoms with E-state index in [1.165, 1.54) is 18.4 Å². The highest BCUT2D eigenvalue weighted by Crippen LogP contribution is 2.14. The quantitative estimate of drug-likeness (QED) is 0.683. The van der Waals surface area contributed by atoms with Crippen molar-refractivity contribution >= 4 is 0 Å². The normalized spacial score (nSPS) is 23.4. The number of nitrogens with one attached hydrogen (secondary N) is 1. The van der Waals surface area contributed by atoms with Gasteiger partial charge >= 0.3 is 0 Å². The van der Waals surface area contributed by atoms with Gasteiger partial charge in [-0.25, -0.2) is 0 Å². The van der Waals surface area contributed by atoms with Crippen molar-refractivity contribution in [2.75, 3.05) is 19.7 Å². The summed E-state index contributed by atoms with van der Waals surface area (Å²) in [6.07, 6.45) is 5.06. The molecule has 0 bridgehead atoms. The fourth-order valence-electron chi connectivity index (χ4n) is 1.67. The Morgan fingerprint density at radius 3 is 2.93 bits per heavy atom. The molecule has 82 valence electrons. The molecule has 0 spiro atoms. The number of rotatable bonds is 5. The Labute approximate surface area is 87.7 Å². The highest BCUT2D eigenvalue weighted by atomic mass is 16.5. The molecule has 0 aliphatic carbocycles. The molecule has 0 radical (unpaired) electrons. The average Bonchev–Trinajstić information content (AvgIpc) is 2.56. The first-order valence-electron chi connectivity index (χ1n) is 5.68. The molecule has 1 atom stereocenters. The second-order valence-electron chi connectivity index (χ2n) is 4.59. The van der Waals surface area contributed by atoms with Crippen LogP contribution in [-0.2, 0) is 4.74 Å². The summed E-state index contributed by atoms with van der Waals surface area (Å²) in [6, 6.07) is 0. The Morgan fingerprint density at radius 1 is 1.57 bits per heavy atom. The van der Waals surface area contributed by atoms with E-state index >= 15 is 0 Å². The van der Waals surface area contributed by atoms with Gasteiger partial charge in [-0.1, -0.05) is 25.5 Å². The van der Waals surface area contributed by atoms with E-state index in [9.17, 15) is 0 Å². The van der Waals surface area contributed by atoms with Gasteiger partial charge in [-0.15, -0.1) is 0 Å². The molecule has 1 aliphatic heterocycles. The van der Waals surface area contributed by atoms with Crippen LogP contribution in [-0.4, -0.2) is 25.8 Å². The summed E-state index contributed by atoms with van der Waals surface area (Å²) in [5.74, 6) is 0.727. The van der Waals surface area contributed by atoms with Crippen LogP contribution in [0.25, 0.3) is 0 Å². The van der Waals surface area contributed by atoms with Crippen molar-refractivity contribution in [3.8, 4) is 0 Å². The zero-order valence-electron chi connectivity index (χ0n) is 9.68. The maximum atomic E-state index is 5.55. The van der Waals surface area contributed by atoms with Crippen LogP contribution in [0.5, 0.6) is 0 Å². The summed E-state index contributed by atoms with van der Waals surface area (Å²) in [4.78, 5) is 0. The lowest BCUT2D eigenvalue weighted by molar-refractivity contribution is 0.145. The first-order valence-corrected chi connectivity index (χ1v) is 5.68. The van der Waals surface area contributed by atoms with Gasteiger partial charge in [0.1, 0.15) is 0 Å². The Balaban J connectivity index is 2.16. The van der Waals surface area contributed by atoms with E-state index in [-0.39, 0.29) is 0 Å². The third-order valence-electron chi connectivity index (χ3n) is 2.39. The van der Waals surface area contributed by atoms with Crippen LogP contribution >= 0.6 is 0 Å². The van der Waals surface area contributed by atoms with E-state index in [4.69, 9.17) is 4.74 Å². The minimum absolute atomic E-state index is 0.385. The molecule has 1 unspecified atom stereocenters. The average molecular weight is 197 g/mol. The third-order valence-corrected chi connectivity index (χ3v) is 2.39. The first kappa shape index (κ1) is 11.7. The van der Waals surface area contributed by atoms with Crippen molar-refractivity contribution < 1.29 is 4.74 Å². The molecule has 1 fully saturated rings. The SMILES string of the molecule is CC(=CC1CCCO1)CNCC(C)C. The highest BCUT2D eigenvalue weighted by Gasteiger charge is 2.12. The van der Waals surface area contributed by atoms with Crippen LogP contribution in [0.4, 0.5) is 0 Å². The molecule has 1 N–H and O–H groups in total. The molecule has 1 heterocycles. The molecule has 1 rings (SSSR count). The summed E-state index contributed by atoms with van der Waals surface area (Å²) in [5, 5.41) is 3.43. The summed E-state index contributed by atoms with van der Waals surface area (Å²) >= 11 is 0. The van der Waals surface area contributed by atoms with Gasteiger partial charge in [0.2, 0.25) is 0 Å². The molecular formula is C12H23NO. The topological polar surface area (TPSA) is 21.3 Å². The van der Waals surface area contributed by atoms with E-state index in [0.717, 1.165) is 25.6 Å². The van der Waals surface area contributed by atoms with E-state index in [1.54, 1.807) is 0 Å². The maximum absolute atomic E-state index is 5.55. The standard InChI is InChI=1S/C12H23NO/c1-10(2)8-13-9-11(3)7-12-5-4-6-14-12/h7,10,12-13H,4-6,8-9H2,1-3H3. The van der Waals surface area contributed by atoms with Gasteiger partial charge in [-0.2, -0.15) is 0 Å². The minimum Gasteiger partial charge on any atom is -0.374 e. The summed E-state index contributed by atoms with van der Waals surface area (Å²) in [6.45, 7) is 9.66. The molecule has 14 heavy (non-hydrogen) atoms. The van der Waals surface area contributed by atoms with E-state index in [0.29, 0.717) is 6.10 Å². The summed E-state index contributed by atoms with van der Waals surface area (Å²) in [7, 11) is 0. The lowest BCUT2D eigenvalue weighted by Gasteiger charge is -2.09. The van der Waals surface area contributed by atoms with Gasteiger partial charge in [-0.05, 0) is 32.2 Å². The zero-order chi connectivity index (χ0) is 10.4. The molecule has 0 amide bonds. The largest absolute Gasteiger partial charge is 0.374 e. The monoisotopic (exact) mass is 197 g/mol. The van der Waals surface area contributed by atoms with Crippen LogP contribution in [0.1, 0.15) is 33.6 Å². The fraction of sp³-hybridized carbons (Fsp3) is 0.833. The van der Waals surface area contributed by atoms with Gasteiger partial charge in [0.25, 0.3) is 0 Å². The molecule has 0 aromatic carbocycles. The van der Waals surface area contributed by atoms with E-state index in [2.05, 4.69) is 32.2 Å². The number of ether oxygens (including phenoxy) is 1. The number of hydrogen-bond acceptors (Lipinski definition) is 2. The van der Waals surface area contributed by atoms with Crippen LogP contribution < -0.4 is 5.32 Å². The van der Waals surface area contributed by atoms with Crippen LogP contribution in [0.3, 0.4) is 0 Å². The second-order valence-corrected chi connectivity index (χ2v) is 4.59. The Morgan fingerprint density at radius 2 is 2.36 bits per heavy atom. The smallest absolute Gasteiger partial charge is 0.0759 e. The van der Waals surface area contributed by atoms with E-state index < -0.39 is 0 Å². The predicted molar refractivity (Wildman–Crippen MR) is 60.4 cm³/mol. The van der Waals surface area contributed by atoms with Crippen molar-refractivity contribution in [3.63, 3.8) is 0 Å². The molecular weight excluding hydrogens is 174 g/mol. The van der Waals surface area contributed by atoms with Crippen LogP contribution in [0.15, 0.2) is 11.6 Å². The molecule has 2 heteroatoms. The van der Waals surface area contributed by atoms with E-state index in [1.807, 2.05) is 0 Å². The lowest BCUT2D eigenvalue weighted by Crippen LogP contribution is -2.21. The van der Waals surface area contributed by atoms with Gasteiger partial charge in [0, 0.05) is 13.2 Å². The van der Waals surface area contributed by atoms with Crippen molar-refractivity contribution in [1.82, 2.24) is 5.32 Å². The van der Waals surface area contributed by atoms with Crippen molar-refractivity contribution in [1.29, 1.82) is 0 Å². The Kier molecular flexibility index (Phi) is 5.20. The third kappa shape index (κ3) is 4.77. The maximum Gasteiger partial charge on any atom is 0.0759 e. The molecule has 0 saturated carbocycles. The van der Waals surface area contributed by atoms with Gasteiger partial charge in [0.15, 0.2) is 0 Å². The van der Waals surface area contributed by atoms with Crippen LogP contribution in [0, 0.1) is 5.92 Å². The molecule has 1 saturated heterocycles. The first-order chi connectivity index (χ1) is 6.68. The minimum atomic E-state index is 0.385. The molecule has 0 aromatic rings. The van der Waals surface area contributed by atoms with Crippen molar-refractivity contribution in [2.24, 2.45) is 5.92 Å². The lowest BCUT2D eigenvalue weighted by atomic mass is 10.1. The molecule has 2 nitrogen and oxygen atoms in total. The second kappa shape index (κ2) is 6.20. The Hall–Kier alpha value is -0.340. The predicted octanol–water partition coefficient (Wildman–Crippen LogP) is 2.36. The molecule has 0 aromatic heterocycles. The van der Waals surface area contributed by atoms with Crippen molar-refractivity contribution in [2.45, 2.75) is 39.7 Å². The van der Waals surface area contributed by atoms with Gasteiger partial charge in [-0.3, -0.25) is 0 Å². The number of hydrogen-bond donors (Lipinski definition) is 1. The molecule has 1 aliphatic rings. The van der Waals surface area contributed by atoms with Crippen molar-refractivity contribution in [3.05, 3.63) is 11.6 Å². The van der Waals surface area contributed by atoms with Crippen LogP contribution in [0.2, 0.25) is 0 Å². The van der Waals surface area contributed by atoms with Gasteiger partial charge in [0.05, 0.1) is 6.10 Å². The zero-order valence-corrected chi connectivity index (χ0v) is 9.68. The summed E-state index contributed by atoms with van der Waals surface area (Å²) in [5.41, 5.74) is 1.40. The Bertz CT molecular complexity index is 181.